The molecule has 1 aromatic rings. The predicted molar refractivity (Wildman–Crippen MR) is 88.5 cm³/mol. The Bertz CT molecular complexity index is 490. The molecule has 0 bridgehead atoms. The first-order valence-electron chi connectivity index (χ1n) is 7.33. The molecular weight excluding hydrogens is 304 g/mol. The molecule has 5 nitrogen and oxygen atoms in total. The first-order chi connectivity index (χ1) is 10.0. The summed E-state index contributed by atoms with van der Waals surface area (Å²) in [5.74, 6) is 0.825. The average molecular weight is 329 g/mol. The lowest BCUT2D eigenvalue weighted by molar-refractivity contribution is -0.139. The second-order valence-electron chi connectivity index (χ2n) is 5.61. The van der Waals surface area contributed by atoms with Gasteiger partial charge in [-0.2, -0.15) is 0 Å². The Hall–Kier alpha value is -1.30. The standard InChI is InChI=1S/C16H24N2O3.ClH/c1-13-5-3-4-6-14(13)21-12-9-18(2)15(19)16(17)7-10-20-11-8-16;/h3-6H,7-12,17H2,1-2H3;1H. The maximum atomic E-state index is 12.4. The minimum Gasteiger partial charge on any atom is -0.491 e. The Morgan fingerprint density at radius 1 is 1.36 bits per heavy atom. The van der Waals surface area contributed by atoms with E-state index in [2.05, 4.69) is 0 Å². The molecule has 124 valence electrons. The highest BCUT2D eigenvalue weighted by Gasteiger charge is 2.37. The Morgan fingerprint density at radius 2 is 2.00 bits per heavy atom. The molecule has 0 unspecified atom stereocenters. The molecule has 1 fully saturated rings. The van der Waals surface area contributed by atoms with E-state index in [4.69, 9.17) is 15.2 Å². The molecule has 22 heavy (non-hydrogen) atoms. The van der Waals surface area contributed by atoms with E-state index >= 15 is 0 Å². The highest BCUT2D eigenvalue weighted by Crippen LogP contribution is 2.20. The normalized spacial score (nSPS) is 16.5. The topological polar surface area (TPSA) is 64.8 Å². The second kappa shape index (κ2) is 8.36. The zero-order valence-electron chi connectivity index (χ0n) is 13.2. The van der Waals surface area contributed by atoms with Gasteiger partial charge in [0.1, 0.15) is 12.4 Å². The van der Waals surface area contributed by atoms with Crippen molar-refractivity contribution in [1.82, 2.24) is 4.90 Å². The summed E-state index contributed by atoms with van der Waals surface area (Å²) < 4.78 is 11.0. The van der Waals surface area contributed by atoms with Crippen molar-refractivity contribution in [2.75, 3.05) is 33.4 Å². The molecule has 0 radical (unpaired) electrons. The van der Waals surface area contributed by atoms with Crippen LogP contribution in [0.4, 0.5) is 0 Å². The number of carbonyl (C=O) groups is 1. The molecule has 1 amide bonds. The van der Waals surface area contributed by atoms with Crippen molar-refractivity contribution >= 4 is 18.3 Å². The van der Waals surface area contributed by atoms with E-state index in [0.29, 0.717) is 39.2 Å². The first kappa shape index (κ1) is 18.7. The highest BCUT2D eigenvalue weighted by atomic mass is 35.5. The Morgan fingerprint density at radius 3 is 2.64 bits per heavy atom. The molecule has 6 heteroatoms. The number of halogens is 1. The van der Waals surface area contributed by atoms with Crippen molar-refractivity contribution in [2.24, 2.45) is 5.73 Å². The van der Waals surface area contributed by atoms with Crippen molar-refractivity contribution in [3.8, 4) is 5.75 Å². The number of nitrogens with zero attached hydrogens (tertiary/aromatic N) is 1. The molecule has 0 aliphatic carbocycles. The fraction of sp³-hybridized carbons (Fsp3) is 0.562. The summed E-state index contributed by atoms with van der Waals surface area (Å²) in [6.07, 6.45) is 1.16. The Balaban J connectivity index is 0.00000242. The van der Waals surface area contributed by atoms with Crippen LogP contribution in [0.5, 0.6) is 5.75 Å². The molecule has 2 N–H and O–H groups in total. The van der Waals surface area contributed by atoms with Crippen LogP contribution in [0.15, 0.2) is 24.3 Å². The van der Waals surface area contributed by atoms with Crippen LogP contribution in [-0.4, -0.2) is 49.8 Å². The van der Waals surface area contributed by atoms with Gasteiger partial charge in [0, 0.05) is 20.3 Å². The van der Waals surface area contributed by atoms with E-state index < -0.39 is 5.54 Å². The van der Waals surface area contributed by atoms with Crippen molar-refractivity contribution in [3.63, 3.8) is 0 Å². The quantitative estimate of drug-likeness (QED) is 0.894. The summed E-state index contributed by atoms with van der Waals surface area (Å²) in [7, 11) is 1.77. The zero-order chi connectivity index (χ0) is 15.3. The van der Waals surface area contributed by atoms with Gasteiger partial charge < -0.3 is 20.1 Å². The van der Waals surface area contributed by atoms with Crippen LogP contribution < -0.4 is 10.5 Å². The van der Waals surface area contributed by atoms with Crippen molar-refractivity contribution in [3.05, 3.63) is 29.8 Å². The lowest BCUT2D eigenvalue weighted by atomic mass is 9.90. The van der Waals surface area contributed by atoms with Crippen LogP contribution in [0.1, 0.15) is 18.4 Å². The predicted octanol–water partition coefficient (Wildman–Crippen LogP) is 1.76. The van der Waals surface area contributed by atoms with E-state index in [1.165, 1.54) is 0 Å². The van der Waals surface area contributed by atoms with Gasteiger partial charge in [-0.15, -0.1) is 12.4 Å². The van der Waals surface area contributed by atoms with Gasteiger partial charge in [0.05, 0.1) is 12.1 Å². The van der Waals surface area contributed by atoms with Gasteiger partial charge >= 0.3 is 0 Å². The average Bonchev–Trinajstić information content (AvgIpc) is 2.49. The fourth-order valence-electron chi connectivity index (χ4n) is 2.44. The first-order valence-corrected chi connectivity index (χ1v) is 7.33. The SMILES string of the molecule is Cc1ccccc1OCCN(C)C(=O)C1(N)CCOCC1.Cl. The molecule has 1 heterocycles. The number of amides is 1. The number of hydrogen-bond donors (Lipinski definition) is 1. The molecule has 0 atom stereocenters. The summed E-state index contributed by atoms with van der Waals surface area (Å²) in [6, 6.07) is 7.84. The fourth-order valence-corrected chi connectivity index (χ4v) is 2.44. The molecule has 0 aromatic heterocycles. The number of carbonyl (C=O) groups excluding carboxylic acids is 1. The summed E-state index contributed by atoms with van der Waals surface area (Å²) in [5.41, 5.74) is 6.51. The third-order valence-corrected chi connectivity index (χ3v) is 3.94. The van der Waals surface area contributed by atoms with E-state index in [1.54, 1.807) is 11.9 Å². The van der Waals surface area contributed by atoms with Crippen LogP contribution in [-0.2, 0) is 9.53 Å². The van der Waals surface area contributed by atoms with Crippen LogP contribution in [0, 0.1) is 6.92 Å². The number of para-hydroxylation sites is 1. The van der Waals surface area contributed by atoms with Crippen LogP contribution in [0.2, 0.25) is 0 Å². The lowest BCUT2D eigenvalue weighted by Crippen LogP contribution is -2.57. The van der Waals surface area contributed by atoms with Gasteiger partial charge in [0.15, 0.2) is 0 Å². The summed E-state index contributed by atoms with van der Waals surface area (Å²) in [5, 5.41) is 0. The number of aryl methyl sites for hydroxylation is 1. The Labute approximate surface area is 138 Å². The minimum atomic E-state index is -0.782. The van der Waals surface area contributed by atoms with Crippen molar-refractivity contribution in [2.45, 2.75) is 25.3 Å². The third-order valence-electron chi connectivity index (χ3n) is 3.94. The van der Waals surface area contributed by atoms with E-state index in [0.717, 1.165) is 11.3 Å². The second-order valence-corrected chi connectivity index (χ2v) is 5.61. The largest absolute Gasteiger partial charge is 0.491 e. The third kappa shape index (κ3) is 4.60. The number of rotatable bonds is 5. The van der Waals surface area contributed by atoms with Crippen LogP contribution in [0.25, 0.3) is 0 Å². The molecule has 0 spiro atoms. The van der Waals surface area contributed by atoms with E-state index in [9.17, 15) is 4.79 Å². The van der Waals surface area contributed by atoms with Crippen molar-refractivity contribution < 1.29 is 14.3 Å². The molecule has 1 aliphatic rings. The van der Waals surface area contributed by atoms with Gasteiger partial charge in [0.2, 0.25) is 5.91 Å². The summed E-state index contributed by atoms with van der Waals surface area (Å²) >= 11 is 0. The van der Waals surface area contributed by atoms with E-state index in [1.807, 2.05) is 31.2 Å². The molecule has 1 saturated heterocycles. The summed E-state index contributed by atoms with van der Waals surface area (Å²) in [4.78, 5) is 14.1. The minimum absolute atomic E-state index is 0. The van der Waals surface area contributed by atoms with Crippen molar-refractivity contribution in [1.29, 1.82) is 0 Å². The number of likely N-dealkylation sites (N-methyl/N-ethyl adjacent to an activating group) is 1. The molecule has 2 rings (SSSR count). The molecular formula is C16H25ClN2O3. The van der Waals surface area contributed by atoms with Gasteiger partial charge in [0.25, 0.3) is 0 Å². The smallest absolute Gasteiger partial charge is 0.242 e. The number of hydrogen-bond acceptors (Lipinski definition) is 4. The van der Waals surface area contributed by atoms with Gasteiger partial charge in [-0.3, -0.25) is 4.79 Å². The monoisotopic (exact) mass is 328 g/mol. The lowest BCUT2D eigenvalue weighted by Gasteiger charge is -2.35. The van der Waals surface area contributed by atoms with Gasteiger partial charge in [-0.05, 0) is 31.4 Å². The zero-order valence-corrected chi connectivity index (χ0v) is 14.0. The molecule has 1 aromatic carbocycles. The van der Waals surface area contributed by atoms with Crippen LogP contribution in [0.3, 0.4) is 0 Å². The highest BCUT2D eigenvalue weighted by molar-refractivity contribution is 5.86. The van der Waals surface area contributed by atoms with Gasteiger partial charge in [-0.1, -0.05) is 18.2 Å². The number of benzene rings is 1. The molecule has 0 saturated carbocycles. The van der Waals surface area contributed by atoms with Crippen LogP contribution >= 0.6 is 12.4 Å². The maximum Gasteiger partial charge on any atom is 0.242 e. The number of ether oxygens (including phenoxy) is 2. The maximum absolute atomic E-state index is 12.4. The number of nitrogens with two attached hydrogens (primary N) is 1. The molecule has 1 aliphatic heterocycles. The Kier molecular flexibility index (Phi) is 7.13. The van der Waals surface area contributed by atoms with Gasteiger partial charge in [-0.25, -0.2) is 0 Å². The summed E-state index contributed by atoms with van der Waals surface area (Å²) in [6.45, 7) is 4.08. The van der Waals surface area contributed by atoms with E-state index in [-0.39, 0.29) is 18.3 Å².